The minimum absolute atomic E-state index is 0.672. The summed E-state index contributed by atoms with van der Waals surface area (Å²) in [4.78, 5) is 4.29. The number of hydrogen-bond acceptors (Lipinski definition) is 2. The first-order valence-corrected chi connectivity index (χ1v) is 7.56. The Hall–Kier alpha value is -0.570. The number of halogens is 1. The average molecular weight is 300 g/mol. The first-order valence-electron chi connectivity index (χ1n) is 6.43. The Labute approximate surface area is 113 Å². The normalized spacial score (nSPS) is 12.4. The number of alkyl halides is 1. The maximum atomic E-state index is 5.78. The maximum Gasteiger partial charge on any atom is 0.137 e. The van der Waals surface area contributed by atoms with Gasteiger partial charge in [0.25, 0.3) is 0 Å². The number of rotatable bonds is 8. The second kappa shape index (κ2) is 8.51. The van der Waals surface area contributed by atoms with Gasteiger partial charge in [0.1, 0.15) is 5.75 Å². The summed E-state index contributed by atoms with van der Waals surface area (Å²) in [6, 6.07) is 3.99. The highest BCUT2D eigenvalue weighted by Crippen LogP contribution is 2.16. The Balaban J connectivity index is 2.36. The summed E-state index contributed by atoms with van der Waals surface area (Å²) in [5, 5.41) is 0.793. The first kappa shape index (κ1) is 14.5. The van der Waals surface area contributed by atoms with Crippen molar-refractivity contribution in [3.63, 3.8) is 0 Å². The fraction of sp³-hybridized carbons (Fsp3) is 0.643. The summed E-state index contributed by atoms with van der Waals surface area (Å²) in [6.07, 6.45) is 6.82. The molecule has 1 rings (SSSR count). The van der Waals surface area contributed by atoms with Crippen LogP contribution in [0.15, 0.2) is 18.3 Å². The molecule has 0 amide bonds. The number of pyridine rings is 1. The zero-order valence-electron chi connectivity index (χ0n) is 10.8. The van der Waals surface area contributed by atoms with E-state index >= 15 is 0 Å². The molecule has 1 heterocycles. The molecule has 0 N–H and O–H groups in total. The molecule has 0 saturated heterocycles. The van der Waals surface area contributed by atoms with Gasteiger partial charge in [0.15, 0.2) is 0 Å². The number of hydrogen-bond donors (Lipinski definition) is 0. The SMILES string of the molecule is CCCCC(CC)COc1ccc(CBr)nc1. The Morgan fingerprint density at radius 3 is 2.71 bits per heavy atom. The third kappa shape index (κ3) is 5.53. The Morgan fingerprint density at radius 2 is 2.18 bits per heavy atom. The molecule has 0 aliphatic carbocycles. The third-order valence-corrected chi connectivity index (χ3v) is 3.54. The van der Waals surface area contributed by atoms with E-state index in [1.165, 1.54) is 25.7 Å². The number of nitrogens with zero attached hydrogens (tertiary/aromatic N) is 1. The van der Waals surface area contributed by atoms with Gasteiger partial charge in [0.05, 0.1) is 18.5 Å². The molecule has 1 atom stereocenters. The molecule has 0 radical (unpaired) electrons. The van der Waals surface area contributed by atoms with Gasteiger partial charge in [-0.1, -0.05) is 49.0 Å². The van der Waals surface area contributed by atoms with Crippen molar-refractivity contribution in [2.75, 3.05) is 6.61 Å². The van der Waals surface area contributed by atoms with Crippen molar-refractivity contribution >= 4 is 15.9 Å². The predicted octanol–water partition coefficient (Wildman–Crippen LogP) is 4.57. The molecular formula is C14H22BrNO. The summed E-state index contributed by atoms with van der Waals surface area (Å²) >= 11 is 3.38. The van der Waals surface area contributed by atoms with E-state index in [-0.39, 0.29) is 0 Å². The van der Waals surface area contributed by atoms with Crippen LogP contribution in [0.2, 0.25) is 0 Å². The fourth-order valence-electron chi connectivity index (χ4n) is 1.69. The van der Waals surface area contributed by atoms with Gasteiger partial charge in [-0.3, -0.25) is 4.98 Å². The van der Waals surface area contributed by atoms with E-state index < -0.39 is 0 Å². The van der Waals surface area contributed by atoms with Crippen LogP contribution >= 0.6 is 15.9 Å². The quantitative estimate of drug-likeness (QED) is 0.656. The van der Waals surface area contributed by atoms with E-state index in [9.17, 15) is 0 Å². The van der Waals surface area contributed by atoms with Crippen LogP contribution in [0.25, 0.3) is 0 Å². The van der Waals surface area contributed by atoms with Gasteiger partial charge in [-0.05, 0) is 24.5 Å². The van der Waals surface area contributed by atoms with E-state index in [2.05, 4.69) is 34.8 Å². The van der Waals surface area contributed by atoms with Crippen molar-refractivity contribution in [1.82, 2.24) is 4.98 Å². The highest BCUT2D eigenvalue weighted by Gasteiger charge is 2.06. The van der Waals surface area contributed by atoms with Gasteiger partial charge in [-0.15, -0.1) is 0 Å². The van der Waals surface area contributed by atoms with Crippen molar-refractivity contribution in [2.24, 2.45) is 5.92 Å². The summed E-state index contributed by atoms with van der Waals surface area (Å²) in [7, 11) is 0. The van der Waals surface area contributed by atoms with E-state index in [4.69, 9.17) is 4.74 Å². The molecule has 1 aromatic rings. The Bertz CT molecular complexity index is 300. The second-order valence-electron chi connectivity index (χ2n) is 4.35. The topological polar surface area (TPSA) is 22.1 Å². The van der Waals surface area contributed by atoms with Gasteiger partial charge in [-0.2, -0.15) is 0 Å². The third-order valence-electron chi connectivity index (χ3n) is 2.96. The molecule has 0 fully saturated rings. The summed E-state index contributed by atoms with van der Waals surface area (Å²) in [5.74, 6) is 1.55. The molecule has 0 aliphatic rings. The van der Waals surface area contributed by atoms with Crippen molar-refractivity contribution in [1.29, 1.82) is 0 Å². The molecule has 1 unspecified atom stereocenters. The van der Waals surface area contributed by atoms with Crippen LogP contribution in [-0.2, 0) is 5.33 Å². The van der Waals surface area contributed by atoms with E-state index in [1.54, 1.807) is 0 Å². The zero-order valence-corrected chi connectivity index (χ0v) is 12.4. The van der Waals surface area contributed by atoms with Gasteiger partial charge >= 0.3 is 0 Å². The monoisotopic (exact) mass is 299 g/mol. The molecule has 2 nitrogen and oxygen atoms in total. The second-order valence-corrected chi connectivity index (χ2v) is 4.91. The molecule has 0 aromatic carbocycles. The molecule has 3 heteroatoms. The van der Waals surface area contributed by atoms with Gasteiger partial charge in [0, 0.05) is 5.33 Å². The molecular weight excluding hydrogens is 278 g/mol. The fourth-order valence-corrected chi connectivity index (χ4v) is 2.02. The first-order chi connectivity index (χ1) is 8.30. The highest BCUT2D eigenvalue weighted by molar-refractivity contribution is 9.08. The van der Waals surface area contributed by atoms with Crippen molar-refractivity contribution < 1.29 is 4.74 Å². The van der Waals surface area contributed by atoms with Crippen LogP contribution in [-0.4, -0.2) is 11.6 Å². The molecule has 17 heavy (non-hydrogen) atoms. The van der Waals surface area contributed by atoms with Crippen LogP contribution in [0.5, 0.6) is 5.75 Å². The molecule has 0 bridgehead atoms. The summed E-state index contributed by atoms with van der Waals surface area (Å²) < 4.78 is 5.78. The van der Waals surface area contributed by atoms with Gasteiger partial charge in [0.2, 0.25) is 0 Å². The van der Waals surface area contributed by atoms with Crippen LogP contribution < -0.4 is 4.74 Å². The van der Waals surface area contributed by atoms with E-state index in [0.717, 1.165) is 23.4 Å². The number of aromatic nitrogens is 1. The number of ether oxygens (including phenoxy) is 1. The lowest BCUT2D eigenvalue weighted by atomic mass is 10.0. The Morgan fingerprint density at radius 1 is 1.35 bits per heavy atom. The van der Waals surface area contributed by atoms with Crippen molar-refractivity contribution in [2.45, 2.75) is 44.9 Å². The lowest BCUT2D eigenvalue weighted by Crippen LogP contribution is -2.11. The summed E-state index contributed by atoms with van der Waals surface area (Å²) in [5.41, 5.74) is 1.04. The van der Waals surface area contributed by atoms with Crippen molar-refractivity contribution in [3.8, 4) is 5.75 Å². The van der Waals surface area contributed by atoms with Gasteiger partial charge in [-0.25, -0.2) is 0 Å². The van der Waals surface area contributed by atoms with Crippen LogP contribution in [0.3, 0.4) is 0 Å². The molecule has 96 valence electrons. The van der Waals surface area contributed by atoms with Crippen molar-refractivity contribution in [3.05, 3.63) is 24.0 Å². The van der Waals surface area contributed by atoms with E-state index in [1.807, 2.05) is 18.3 Å². The predicted molar refractivity (Wildman–Crippen MR) is 75.7 cm³/mol. The number of unbranched alkanes of at least 4 members (excludes halogenated alkanes) is 1. The lowest BCUT2D eigenvalue weighted by Gasteiger charge is -2.15. The van der Waals surface area contributed by atoms with Crippen LogP contribution in [0.4, 0.5) is 0 Å². The highest BCUT2D eigenvalue weighted by atomic mass is 79.9. The lowest BCUT2D eigenvalue weighted by molar-refractivity contribution is 0.232. The van der Waals surface area contributed by atoms with E-state index in [0.29, 0.717) is 5.92 Å². The average Bonchev–Trinajstić information content (AvgIpc) is 2.39. The minimum atomic E-state index is 0.672. The molecule has 1 aromatic heterocycles. The van der Waals surface area contributed by atoms with Gasteiger partial charge < -0.3 is 4.74 Å². The summed E-state index contributed by atoms with van der Waals surface area (Å²) in [6.45, 7) is 5.28. The molecule has 0 aliphatic heterocycles. The Kier molecular flexibility index (Phi) is 7.25. The van der Waals surface area contributed by atoms with Crippen LogP contribution in [0.1, 0.15) is 45.2 Å². The zero-order chi connectivity index (χ0) is 12.5. The largest absolute Gasteiger partial charge is 0.492 e. The standard InChI is InChI=1S/C14H22BrNO/c1-3-5-6-12(4-2)11-17-14-8-7-13(9-15)16-10-14/h7-8,10,12H,3-6,9,11H2,1-2H3. The smallest absolute Gasteiger partial charge is 0.137 e. The van der Waals surface area contributed by atoms with Crippen LogP contribution in [0, 0.1) is 5.92 Å². The minimum Gasteiger partial charge on any atom is -0.492 e. The molecule has 0 spiro atoms. The molecule has 0 saturated carbocycles. The maximum absolute atomic E-state index is 5.78.